The van der Waals surface area contributed by atoms with Crippen molar-refractivity contribution in [2.45, 2.75) is 46.0 Å². The zero-order valence-corrected chi connectivity index (χ0v) is 23.3. The second kappa shape index (κ2) is 8.83. The Kier molecular flexibility index (Phi) is 5.71. The molecule has 0 N–H and O–H groups in total. The first-order valence-corrected chi connectivity index (χ1v) is 14.9. The SMILES string of the molecule is CCc1cc(N2c3ccccc3C(C)(C)c3ccccc32)c(CC)cc1C=C1C(=O)c2c[se]cc2C1=O. The third-order valence-corrected chi connectivity index (χ3v) is 9.48. The van der Waals surface area contributed by atoms with Crippen molar-refractivity contribution in [2.75, 3.05) is 4.90 Å². The van der Waals surface area contributed by atoms with Gasteiger partial charge in [-0.15, -0.1) is 0 Å². The molecule has 4 heteroatoms. The second-order valence-corrected chi connectivity index (χ2v) is 11.9. The Morgan fingerprint density at radius 1 is 0.757 bits per heavy atom. The number of aryl methyl sites for hydroxylation is 2. The Balaban J connectivity index is 1.55. The zero-order chi connectivity index (χ0) is 25.9. The Bertz CT molecular complexity index is 1540. The number of allylic oxidation sites excluding steroid dienone is 1. The van der Waals surface area contributed by atoms with E-state index in [2.05, 4.69) is 93.3 Å². The average molecular weight is 551 g/mol. The van der Waals surface area contributed by atoms with Crippen molar-refractivity contribution in [3.05, 3.63) is 115 Å². The molecule has 0 saturated heterocycles. The van der Waals surface area contributed by atoms with Crippen molar-refractivity contribution in [3.8, 4) is 0 Å². The van der Waals surface area contributed by atoms with E-state index in [0.717, 1.165) is 29.7 Å². The van der Waals surface area contributed by atoms with Crippen LogP contribution < -0.4 is 4.90 Å². The van der Waals surface area contributed by atoms with E-state index in [1.807, 2.05) is 16.0 Å². The van der Waals surface area contributed by atoms with Gasteiger partial charge in [0.1, 0.15) is 0 Å². The predicted octanol–water partition coefficient (Wildman–Crippen LogP) is 7.44. The van der Waals surface area contributed by atoms with Crippen LogP contribution in [-0.2, 0) is 18.3 Å². The summed E-state index contributed by atoms with van der Waals surface area (Å²) in [5.41, 5.74) is 10.8. The molecule has 0 atom stereocenters. The Labute approximate surface area is 224 Å². The number of anilines is 3. The van der Waals surface area contributed by atoms with E-state index in [4.69, 9.17) is 0 Å². The van der Waals surface area contributed by atoms with E-state index in [1.165, 1.54) is 28.1 Å². The maximum absolute atomic E-state index is 13.0. The zero-order valence-electron chi connectivity index (χ0n) is 21.6. The number of fused-ring (bicyclic) bond motifs is 3. The van der Waals surface area contributed by atoms with E-state index < -0.39 is 0 Å². The first-order chi connectivity index (χ1) is 17.9. The fraction of sp³-hybridized carbons (Fsp3) is 0.212. The van der Waals surface area contributed by atoms with Gasteiger partial charge in [0.15, 0.2) is 0 Å². The Morgan fingerprint density at radius 2 is 1.30 bits per heavy atom. The molecular weight excluding hydrogens is 521 g/mol. The van der Waals surface area contributed by atoms with Gasteiger partial charge in [-0.1, -0.05) is 50.2 Å². The summed E-state index contributed by atoms with van der Waals surface area (Å²) < 4.78 is 0. The van der Waals surface area contributed by atoms with Crippen LogP contribution in [0.2, 0.25) is 0 Å². The van der Waals surface area contributed by atoms with Crippen LogP contribution in [0.25, 0.3) is 6.08 Å². The number of nitrogens with zero attached hydrogens (tertiary/aromatic N) is 1. The van der Waals surface area contributed by atoms with Crippen molar-refractivity contribution < 1.29 is 9.59 Å². The topological polar surface area (TPSA) is 37.4 Å². The molecule has 1 aliphatic heterocycles. The number of carbonyl (C=O) groups excluding carboxylic acids is 2. The summed E-state index contributed by atoms with van der Waals surface area (Å²) in [7, 11) is 0. The van der Waals surface area contributed by atoms with Crippen molar-refractivity contribution >= 4 is 49.2 Å². The fourth-order valence-corrected chi connectivity index (χ4v) is 7.58. The summed E-state index contributed by atoms with van der Waals surface area (Å²) in [6.45, 7) is 8.90. The van der Waals surface area contributed by atoms with Crippen LogP contribution in [0.15, 0.2) is 76.1 Å². The number of hydrogen-bond donors (Lipinski definition) is 0. The molecule has 1 aliphatic carbocycles. The molecule has 0 bridgehead atoms. The molecule has 2 aliphatic rings. The van der Waals surface area contributed by atoms with E-state index in [9.17, 15) is 9.59 Å². The molecule has 0 unspecified atom stereocenters. The molecule has 37 heavy (non-hydrogen) atoms. The molecule has 4 aromatic rings. The summed E-state index contributed by atoms with van der Waals surface area (Å²) >= 11 is 0.114. The molecule has 184 valence electrons. The number of rotatable bonds is 4. The molecule has 6 rings (SSSR count). The van der Waals surface area contributed by atoms with Gasteiger partial charge in [-0.05, 0) is 0 Å². The molecule has 0 saturated carbocycles. The molecule has 3 aromatic carbocycles. The number of carbonyl (C=O) groups is 2. The van der Waals surface area contributed by atoms with Crippen LogP contribution in [0.4, 0.5) is 17.1 Å². The standard InChI is InChI=1S/C33H29NO2Se/c1-5-20-17-30(21(6-2)15-22(20)16-23-31(35)24-18-37-19-25(24)32(23)36)34-28-13-9-7-11-26(28)33(3,4)27-12-8-10-14-29(27)34/h7-19H,5-6H2,1-4H3. The monoisotopic (exact) mass is 551 g/mol. The number of ketones is 2. The Morgan fingerprint density at radius 3 is 1.84 bits per heavy atom. The Hall–Kier alpha value is -3.46. The average Bonchev–Trinajstić information content (AvgIpc) is 3.49. The summed E-state index contributed by atoms with van der Waals surface area (Å²) in [5.74, 6) is -0.248. The van der Waals surface area contributed by atoms with Gasteiger partial charge in [-0.2, -0.15) is 0 Å². The van der Waals surface area contributed by atoms with Gasteiger partial charge in [0.05, 0.1) is 0 Å². The third kappa shape index (κ3) is 3.54. The van der Waals surface area contributed by atoms with Gasteiger partial charge >= 0.3 is 169 Å². The van der Waals surface area contributed by atoms with Crippen LogP contribution in [0.5, 0.6) is 0 Å². The molecule has 1 aromatic heterocycles. The predicted molar refractivity (Wildman–Crippen MR) is 152 cm³/mol. The molecular formula is C33H29NO2Se. The first-order valence-electron chi connectivity index (χ1n) is 12.9. The quantitative estimate of drug-likeness (QED) is 0.151. The van der Waals surface area contributed by atoms with Crippen molar-refractivity contribution in [1.29, 1.82) is 0 Å². The molecule has 0 spiro atoms. The second-order valence-electron chi connectivity index (χ2n) is 10.3. The summed E-state index contributed by atoms with van der Waals surface area (Å²) in [6.07, 6.45) is 3.47. The number of para-hydroxylation sites is 2. The maximum atomic E-state index is 13.0. The van der Waals surface area contributed by atoms with Crippen molar-refractivity contribution in [2.24, 2.45) is 0 Å². The minimum absolute atomic E-state index is 0.111. The van der Waals surface area contributed by atoms with Crippen LogP contribution >= 0.6 is 0 Å². The van der Waals surface area contributed by atoms with Crippen LogP contribution in [0.3, 0.4) is 0 Å². The normalized spacial score (nSPS) is 15.5. The summed E-state index contributed by atoms with van der Waals surface area (Å²) in [4.78, 5) is 32.3. The van der Waals surface area contributed by atoms with Gasteiger partial charge in [0.25, 0.3) is 0 Å². The molecule has 2 heterocycles. The minimum atomic E-state index is -0.124. The van der Waals surface area contributed by atoms with Gasteiger partial charge in [0.2, 0.25) is 0 Å². The summed E-state index contributed by atoms with van der Waals surface area (Å²) in [6, 6.07) is 21.8. The van der Waals surface area contributed by atoms with E-state index in [-0.39, 0.29) is 31.5 Å². The van der Waals surface area contributed by atoms with Crippen LogP contribution in [0.1, 0.15) is 76.2 Å². The van der Waals surface area contributed by atoms with Crippen molar-refractivity contribution in [1.82, 2.24) is 0 Å². The van der Waals surface area contributed by atoms with Gasteiger partial charge in [-0.3, -0.25) is 0 Å². The fourth-order valence-electron chi connectivity index (χ4n) is 5.88. The van der Waals surface area contributed by atoms with Crippen LogP contribution in [-0.4, -0.2) is 26.1 Å². The van der Waals surface area contributed by atoms with Gasteiger partial charge < -0.3 is 0 Å². The summed E-state index contributed by atoms with van der Waals surface area (Å²) in [5, 5.41) is 0. The molecule has 0 radical (unpaired) electrons. The van der Waals surface area contributed by atoms with Crippen LogP contribution in [0, 0.1) is 0 Å². The number of hydrogen-bond acceptors (Lipinski definition) is 3. The number of benzene rings is 3. The van der Waals surface area contributed by atoms with Gasteiger partial charge in [0, 0.05) is 5.41 Å². The number of Topliss-reactive ketones (excluding diaryl/α,β-unsaturated/α-hetero) is 2. The first kappa shape index (κ1) is 23.9. The molecule has 0 amide bonds. The van der Waals surface area contributed by atoms with Gasteiger partial charge in [-0.25, -0.2) is 0 Å². The van der Waals surface area contributed by atoms with Crippen molar-refractivity contribution in [3.63, 3.8) is 0 Å². The molecule has 3 nitrogen and oxygen atoms in total. The van der Waals surface area contributed by atoms with E-state index >= 15 is 0 Å². The van der Waals surface area contributed by atoms with E-state index in [1.54, 1.807) is 0 Å². The van der Waals surface area contributed by atoms with E-state index in [0.29, 0.717) is 16.7 Å². The molecule has 0 fully saturated rings. The third-order valence-electron chi connectivity index (χ3n) is 7.92.